The molecule has 0 spiro atoms. The van der Waals surface area contributed by atoms with Crippen LogP contribution in [0.2, 0.25) is 0 Å². The first-order chi connectivity index (χ1) is 18.1. The van der Waals surface area contributed by atoms with E-state index in [0.29, 0.717) is 5.56 Å². The predicted octanol–water partition coefficient (Wildman–Crippen LogP) is 5.95. The summed E-state index contributed by atoms with van der Waals surface area (Å²) >= 11 is 0. The number of amides is 1. The smallest absolute Gasteiger partial charge is 0.248 e. The van der Waals surface area contributed by atoms with Crippen LogP contribution in [0.3, 0.4) is 0 Å². The Hall–Kier alpha value is -3.83. The lowest BCUT2D eigenvalue weighted by Gasteiger charge is -2.31. The first kappa shape index (κ1) is 24.8. The average Bonchev–Trinajstić information content (AvgIpc) is 2.94. The second-order valence-corrected chi connectivity index (χ2v) is 9.68. The molecule has 0 saturated carbocycles. The molecule has 2 aromatic carbocycles. The van der Waals surface area contributed by atoms with Gasteiger partial charge in [-0.15, -0.1) is 0 Å². The van der Waals surface area contributed by atoms with Crippen molar-refractivity contribution in [2.24, 2.45) is 5.73 Å². The number of aromatic nitrogens is 2. The summed E-state index contributed by atoms with van der Waals surface area (Å²) < 4.78 is 0. The Balaban J connectivity index is 1.64. The van der Waals surface area contributed by atoms with Crippen LogP contribution in [0.15, 0.2) is 78.8 Å². The number of carbonyl (C=O) groups is 1. The number of primary amides is 1. The fourth-order valence-electron chi connectivity index (χ4n) is 5.78. The maximum Gasteiger partial charge on any atom is 0.248 e. The van der Waals surface area contributed by atoms with E-state index in [1.54, 1.807) is 0 Å². The van der Waals surface area contributed by atoms with Gasteiger partial charge in [0.25, 0.3) is 0 Å². The fourth-order valence-corrected chi connectivity index (χ4v) is 5.78. The zero-order chi connectivity index (χ0) is 25.8. The molecule has 1 saturated heterocycles. The molecular formula is C32H34N4O. The summed E-state index contributed by atoms with van der Waals surface area (Å²) in [4.78, 5) is 23.7. The van der Waals surface area contributed by atoms with Crippen LogP contribution in [0.4, 0.5) is 0 Å². The summed E-state index contributed by atoms with van der Waals surface area (Å²) in [6.45, 7) is 7.22. The molecule has 5 nitrogen and oxygen atoms in total. The summed E-state index contributed by atoms with van der Waals surface area (Å²) in [6, 6.07) is 18.8. The van der Waals surface area contributed by atoms with E-state index in [9.17, 15) is 4.79 Å². The molecule has 0 aliphatic carbocycles. The molecule has 1 aliphatic heterocycles. The molecule has 4 aromatic rings. The highest BCUT2D eigenvalue weighted by Crippen LogP contribution is 2.38. The number of carbonyl (C=O) groups excluding carboxylic acids is 1. The van der Waals surface area contributed by atoms with Crippen LogP contribution in [-0.2, 0) is 19.4 Å². The third kappa shape index (κ3) is 5.05. The molecular weight excluding hydrogens is 456 g/mol. The molecule has 188 valence electrons. The Morgan fingerprint density at radius 1 is 0.838 bits per heavy atom. The number of piperidine rings is 1. The number of hydrogen-bond donors (Lipinski definition) is 1. The zero-order valence-electron chi connectivity index (χ0n) is 21.7. The van der Waals surface area contributed by atoms with Gasteiger partial charge in [-0.3, -0.25) is 19.7 Å². The molecule has 1 aliphatic rings. The van der Waals surface area contributed by atoms with Crippen LogP contribution >= 0.6 is 0 Å². The van der Waals surface area contributed by atoms with Crippen molar-refractivity contribution in [3.05, 3.63) is 112 Å². The number of nitrogens with zero attached hydrogens (tertiary/aromatic N) is 3. The van der Waals surface area contributed by atoms with Crippen molar-refractivity contribution in [3.63, 3.8) is 0 Å². The minimum absolute atomic E-state index is 0.358. The number of pyridine rings is 2. The maximum atomic E-state index is 12.3. The van der Waals surface area contributed by atoms with Crippen LogP contribution in [0.5, 0.6) is 0 Å². The Morgan fingerprint density at radius 2 is 1.51 bits per heavy atom. The van der Waals surface area contributed by atoms with Crippen molar-refractivity contribution < 1.29 is 4.79 Å². The molecule has 0 unspecified atom stereocenters. The lowest BCUT2D eigenvalue weighted by Crippen LogP contribution is -2.30. The second-order valence-electron chi connectivity index (χ2n) is 9.68. The minimum Gasteiger partial charge on any atom is -0.366 e. The average molecular weight is 491 g/mol. The topological polar surface area (TPSA) is 72.1 Å². The van der Waals surface area contributed by atoms with Gasteiger partial charge in [0, 0.05) is 54.7 Å². The normalized spacial score (nSPS) is 14.2. The van der Waals surface area contributed by atoms with Gasteiger partial charge < -0.3 is 5.73 Å². The van der Waals surface area contributed by atoms with E-state index in [1.807, 2.05) is 30.7 Å². The van der Waals surface area contributed by atoms with E-state index in [-0.39, 0.29) is 5.91 Å². The van der Waals surface area contributed by atoms with Crippen LogP contribution in [-0.4, -0.2) is 33.9 Å². The molecule has 1 fully saturated rings. The maximum absolute atomic E-state index is 12.3. The van der Waals surface area contributed by atoms with E-state index in [1.165, 1.54) is 33.4 Å². The van der Waals surface area contributed by atoms with Gasteiger partial charge in [-0.1, -0.05) is 49.8 Å². The van der Waals surface area contributed by atoms with Crippen molar-refractivity contribution >= 4 is 22.4 Å². The number of fused-ring (bicyclic) bond motifs is 1. The number of para-hydroxylation sites is 1. The van der Waals surface area contributed by atoms with Crippen molar-refractivity contribution in [1.82, 2.24) is 14.9 Å². The Morgan fingerprint density at radius 3 is 2.22 bits per heavy atom. The molecule has 5 rings (SSSR count). The Labute approximate surface area is 219 Å². The van der Waals surface area contributed by atoms with Gasteiger partial charge in [0.2, 0.25) is 5.91 Å². The fraction of sp³-hybridized carbons (Fsp3) is 0.281. The van der Waals surface area contributed by atoms with Crippen molar-refractivity contribution in [2.75, 3.05) is 13.1 Å². The Kier molecular flexibility index (Phi) is 7.42. The monoisotopic (exact) mass is 490 g/mol. The molecule has 0 radical (unpaired) electrons. The predicted molar refractivity (Wildman–Crippen MR) is 150 cm³/mol. The molecule has 0 bridgehead atoms. The highest BCUT2D eigenvalue weighted by atomic mass is 16.1. The van der Waals surface area contributed by atoms with E-state index in [4.69, 9.17) is 10.7 Å². The van der Waals surface area contributed by atoms with Crippen LogP contribution in [0, 0.1) is 0 Å². The van der Waals surface area contributed by atoms with Crippen LogP contribution in [0.1, 0.15) is 64.9 Å². The van der Waals surface area contributed by atoms with Gasteiger partial charge in [-0.2, -0.15) is 0 Å². The van der Waals surface area contributed by atoms with Gasteiger partial charge in [0.05, 0.1) is 5.52 Å². The number of hydrogen-bond acceptors (Lipinski definition) is 4. The summed E-state index contributed by atoms with van der Waals surface area (Å²) in [7, 11) is 0. The number of rotatable bonds is 7. The largest absolute Gasteiger partial charge is 0.366 e. The summed E-state index contributed by atoms with van der Waals surface area (Å²) in [5.41, 5.74) is 16.1. The van der Waals surface area contributed by atoms with Gasteiger partial charge in [-0.05, 0) is 77.8 Å². The first-order valence-electron chi connectivity index (χ1n) is 13.2. The van der Waals surface area contributed by atoms with Crippen LogP contribution in [0.25, 0.3) is 16.5 Å². The number of likely N-dealkylation sites (tertiary alicyclic amines) is 1. The van der Waals surface area contributed by atoms with E-state index < -0.39 is 0 Å². The minimum atomic E-state index is -0.358. The van der Waals surface area contributed by atoms with Gasteiger partial charge >= 0.3 is 0 Å². The molecule has 5 heteroatoms. The standard InChI is InChI=1S/C32H34N4O/c1-3-25-26(4-2)28(32(33)37)11-10-27(25)30(29-9-5-7-24-8-6-16-35-31(24)29)23-14-19-36(20-15-23)21-22-12-17-34-18-13-22/h5-13,16-18H,3-4,14-15,19-21H2,1-2H3,(H2,33,37). The summed E-state index contributed by atoms with van der Waals surface area (Å²) in [5, 5.41) is 1.13. The summed E-state index contributed by atoms with van der Waals surface area (Å²) in [5.74, 6) is -0.358. The quantitative estimate of drug-likeness (QED) is 0.347. The molecule has 1 amide bonds. The zero-order valence-corrected chi connectivity index (χ0v) is 21.7. The SMILES string of the molecule is CCc1c(C(N)=O)ccc(C(=C2CCN(Cc3ccncc3)CC2)c2cccc3cccnc23)c1CC. The molecule has 2 N–H and O–H groups in total. The molecule has 2 aromatic heterocycles. The molecule has 3 heterocycles. The second kappa shape index (κ2) is 11.1. The third-order valence-electron chi connectivity index (χ3n) is 7.54. The first-order valence-corrected chi connectivity index (χ1v) is 13.2. The van der Waals surface area contributed by atoms with Crippen molar-refractivity contribution in [3.8, 4) is 0 Å². The van der Waals surface area contributed by atoms with Crippen LogP contribution < -0.4 is 5.73 Å². The van der Waals surface area contributed by atoms with Gasteiger partial charge in [0.1, 0.15) is 0 Å². The van der Waals surface area contributed by atoms with Crippen molar-refractivity contribution in [1.29, 1.82) is 0 Å². The lowest BCUT2D eigenvalue weighted by molar-refractivity contribution is 0.0999. The van der Waals surface area contributed by atoms with E-state index in [2.05, 4.69) is 66.2 Å². The lowest BCUT2D eigenvalue weighted by atomic mass is 9.82. The van der Waals surface area contributed by atoms with Gasteiger partial charge in [-0.25, -0.2) is 0 Å². The van der Waals surface area contributed by atoms with E-state index in [0.717, 1.165) is 61.8 Å². The van der Waals surface area contributed by atoms with Crippen molar-refractivity contribution in [2.45, 2.75) is 46.1 Å². The Bertz CT molecular complexity index is 1440. The molecule has 0 atom stereocenters. The highest BCUT2D eigenvalue weighted by Gasteiger charge is 2.24. The number of benzene rings is 2. The number of nitrogens with two attached hydrogens (primary N) is 1. The highest BCUT2D eigenvalue weighted by molar-refractivity contribution is 5.99. The van der Waals surface area contributed by atoms with Gasteiger partial charge in [0.15, 0.2) is 0 Å². The van der Waals surface area contributed by atoms with E-state index >= 15 is 0 Å². The third-order valence-corrected chi connectivity index (χ3v) is 7.54. The molecule has 37 heavy (non-hydrogen) atoms. The summed E-state index contributed by atoms with van der Waals surface area (Å²) in [6.07, 6.45) is 9.19.